The van der Waals surface area contributed by atoms with E-state index < -0.39 is 15.8 Å². The molecule has 2 N–H and O–H groups in total. The number of carbonyl (C=O) groups is 1. The van der Waals surface area contributed by atoms with E-state index in [1.165, 1.54) is 12.1 Å². The van der Waals surface area contributed by atoms with E-state index in [0.717, 1.165) is 23.4 Å². The first-order valence-electron chi connectivity index (χ1n) is 8.05. The summed E-state index contributed by atoms with van der Waals surface area (Å²) in [7, 11) is -2.15. The maximum atomic E-state index is 12.8. The van der Waals surface area contributed by atoms with E-state index in [-0.39, 0.29) is 23.8 Å². The molecule has 2 aromatic carbocycles. The van der Waals surface area contributed by atoms with Crippen LogP contribution >= 0.6 is 0 Å². The molecule has 0 aliphatic rings. The monoisotopic (exact) mass is 380 g/mol. The highest BCUT2D eigenvalue weighted by Crippen LogP contribution is 2.11. The maximum Gasteiger partial charge on any atom is 0.240 e. The lowest BCUT2D eigenvalue weighted by atomic mass is 10.1. The Morgan fingerprint density at radius 1 is 1.04 bits per heavy atom. The zero-order valence-electron chi connectivity index (χ0n) is 14.4. The van der Waals surface area contributed by atoms with Gasteiger partial charge in [-0.15, -0.1) is 0 Å². The van der Waals surface area contributed by atoms with Gasteiger partial charge < -0.3 is 10.1 Å². The van der Waals surface area contributed by atoms with Crippen molar-refractivity contribution >= 4 is 15.9 Å². The van der Waals surface area contributed by atoms with Gasteiger partial charge in [0.25, 0.3) is 0 Å². The first-order valence-corrected chi connectivity index (χ1v) is 9.54. The van der Waals surface area contributed by atoms with Gasteiger partial charge in [-0.05, 0) is 48.4 Å². The minimum Gasteiger partial charge on any atom is -0.497 e. The third-order valence-corrected chi connectivity index (χ3v) is 5.14. The first kappa shape index (κ1) is 19.9. The molecule has 0 fully saturated rings. The number of hydrogen-bond donors (Lipinski definition) is 2. The van der Waals surface area contributed by atoms with Gasteiger partial charge in [-0.2, -0.15) is 0 Å². The van der Waals surface area contributed by atoms with Gasteiger partial charge in [0.2, 0.25) is 15.9 Å². The predicted molar refractivity (Wildman–Crippen MR) is 95.9 cm³/mol. The van der Waals surface area contributed by atoms with Crippen LogP contribution in [0.1, 0.15) is 12.0 Å². The predicted octanol–water partition coefficient (Wildman–Crippen LogP) is 1.86. The number of benzene rings is 2. The second kappa shape index (κ2) is 9.30. The van der Waals surface area contributed by atoms with Gasteiger partial charge in [0.15, 0.2) is 0 Å². The van der Waals surface area contributed by atoms with Crippen molar-refractivity contribution in [3.63, 3.8) is 0 Å². The second-order valence-corrected chi connectivity index (χ2v) is 7.32. The second-order valence-electron chi connectivity index (χ2n) is 5.55. The van der Waals surface area contributed by atoms with E-state index in [4.69, 9.17) is 4.74 Å². The Balaban J connectivity index is 1.70. The van der Waals surface area contributed by atoms with E-state index in [2.05, 4.69) is 10.0 Å². The molecule has 6 nitrogen and oxygen atoms in total. The summed E-state index contributed by atoms with van der Waals surface area (Å²) in [6.45, 7) is 0.421. The molecule has 0 aromatic heterocycles. The highest BCUT2D eigenvalue weighted by Gasteiger charge is 2.14. The lowest BCUT2D eigenvalue weighted by Crippen LogP contribution is -2.31. The van der Waals surface area contributed by atoms with Gasteiger partial charge in [0, 0.05) is 19.5 Å². The lowest BCUT2D eigenvalue weighted by molar-refractivity contribution is -0.120. The summed E-state index contributed by atoms with van der Waals surface area (Å²) in [6, 6.07) is 12.0. The smallest absolute Gasteiger partial charge is 0.240 e. The fraction of sp³-hybridized carbons (Fsp3) is 0.278. The lowest BCUT2D eigenvalue weighted by Gasteiger charge is -2.08. The van der Waals surface area contributed by atoms with Crippen LogP contribution in [0.4, 0.5) is 4.39 Å². The van der Waals surface area contributed by atoms with Crippen LogP contribution in [0.5, 0.6) is 5.75 Å². The number of sulfonamides is 1. The number of ether oxygens (including phenoxy) is 1. The molecule has 0 bridgehead atoms. The van der Waals surface area contributed by atoms with E-state index in [9.17, 15) is 17.6 Å². The summed E-state index contributed by atoms with van der Waals surface area (Å²) in [4.78, 5) is 11.7. The molecule has 0 spiro atoms. The molecule has 0 unspecified atom stereocenters. The van der Waals surface area contributed by atoms with Crippen molar-refractivity contribution in [1.82, 2.24) is 10.0 Å². The quantitative estimate of drug-likeness (QED) is 0.696. The van der Waals surface area contributed by atoms with Crippen LogP contribution in [-0.2, 0) is 21.2 Å². The largest absolute Gasteiger partial charge is 0.497 e. The van der Waals surface area contributed by atoms with Crippen LogP contribution in [0.25, 0.3) is 0 Å². The number of amides is 1. The standard InChI is InChI=1S/C18H21FN2O4S/c1-25-16-6-2-14(3-7-16)10-12-20-18(22)11-13-21-26(23,24)17-8-4-15(19)5-9-17/h2-9,21H,10-13H2,1H3,(H,20,22). The molecule has 1 amide bonds. The highest BCUT2D eigenvalue weighted by molar-refractivity contribution is 7.89. The van der Waals surface area contributed by atoms with Gasteiger partial charge >= 0.3 is 0 Å². The topological polar surface area (TPSA) is 84.5 Å². The van der Waals surface area contributed by atoms with E-state index >= 15 is 0 Å². The molecule has 0 aliphatic carbocycles. The molecule has 0 radical (unpaired) electrons. The molecular weight excluding hydrogens is 359 g/mol. The molecule has 2 aromatic rings. The zero-order valence-corrected chi connectivity index (χ0v) is 15.2. The number of rotatable bonds is 9. The van der Waals surface area contributed by atoms with E-state index in [1.807, 2.05) is 24.3 Å². The minimum atomic E-state index is -3.75. The molecule has 140 valence electrons. The number of halogens is 1. The Hall–Kier alpha value is -2.45. The van der Waals surface area contributed by atoms with Crippen LogP contribution in [0, 0.1) is 5.82 Å². The van der Waals surface area contributed by atoms with E-state index in [1.54, 1.807) is 7.11 Å². The van der Waals surface area contributed by atoms with Crippen LogP contribution in [0.15, 0.2) is 53.4 Å². The third kappa shape index (κ3) is 6.12. The Morgan fingerprint density at radius 3 is 2.31 bits per heavy atom. The number of carbonyl (C=O) groups excluding carboxylic acids is 1. The summed E-state index contributed by atoms with van der Waals surface area (Å²) >= 11 is 0. The molecule has 8 heteroatoms. The van der Waals surface area contributed by atoms with Crippen LogP contribution in [-0.4, -0.2) is 34.5 Å². The van der Waals surface area contributed by atoms with Crippen molar-refractivity contribution in [2.24, 2.45) is 0 Å². The summed E-state index contributed by atoms with van der Waals surface area (Å²) in [5, 5.41) is 2.74. The molecule has 0 atom stereocenters. The average molecular weight is 380 g/mol. The molecule has 0 aliphatic heterocycles. The van der Waals surface area contributed by atoms with Gasteiger partial charge in [0.1, 0.15) is 11.6 Å². The number of methoxy groups -OCH3 is 1. The zero-order chi connectivity index (χ0) is 19.0. The SMILES string of the molecule is COc1ccc(CCNC(=O)CCNS(=O)(=O)c2ccc(F)cc2)cc1. The van der Waals surface area contributed by atoms with Crippen molar-refractivity contribution < 1.29 is 22.3 Å². The number of nitrogens with one attached hydrogen (secondary N) is 2. The normalized spacial score (nSPS) is 11.2. The molecule has 0 heterocycles. The number of hydrogen-bond acceptors (Lipinski definition) is 4. The summed E-state index contributed by atoms with van der Waals surface area (Å²) in [5.41, 5.74) is 1.06. The summed E-state index contributed by atoms with van der Waals surface area (Å²) < 4.78 is 44.2. The van der Waals surface area contributed by atoms with Crippen molar-refractivity contribution in [2.45, 2.75) is 17.7 Å². The Labute approximate surface area is 152 Å². The maximum absolute atomic E-state index is 12.8. The third-order valence-electron chi connectivity index (χ3n) is 3.66. The van der Waals surface area contributed by atoms with Gasteiger partial charge in [-0.25, -0.2) is 17.5 Å². The van der Waals surface area contributed by atoms with E-state index in [0.29, 0.717) is 13.0 Å². The summed E-state index contributed by atoms with van der Waals surface area (Å²) in [6.07, 6.45) is 0.681. The summed E-state index contributed by atoms with van der Waals surface area (Å²) in [5.74, 6) is 0.00623. The van der Waals surface area contributed by atoms with Crippen molar-refractivity contribution in [1.29, 1.82) is 0 Å². The molecule has 2 rings (SSSR count). The van der Waals surface area contributed by atoms with Crippen molar-refractivity contribution in [2.75, 3.05) is 20.2 Å². The Bertz CT molecular complexity index is 821. The molecule has 26 heavy (non-hydrogen) atoms. The van der Waals surface area contributed by atoms with Crippen LogP contribution < -0.4 is 14.8 Å². The van der Waals surface area contributed by atoms with Crippen molar-refractivity contribution in [3.05, 3.63) is 59.9 Å². The van der Waals surface area contributed by atoms with Gasteiger partial charge in [-0.3, -0.25) is 4.79 Å². The Morgan fingerprint density at radius 2 is 1.69 bits per heavy atom. The molecule has 0 saturated heterocycles. The Kier molecular flexibility index (Phi) is 7.11. The minimum absolute atomic E-state index is 0.0169. The molecule has 0 saturated carbocycles. The van der Waals surface area contributed by atoms with Gasteiger partial charge in [-0.1, -0.05) is 12.1 Å². The van der Waals surface area contributed by atoms with Crippen LogP contribution in [0.3, 0.4) is 0 Å². The molecular formula is C18H21FN2O4S. The van der Waals surface area contributed by atoms with Gasteiger partial charge in [0.05, 0.1) is 12.0 Å². The first-order chi connectivity index (χ1) is 12.4. The highest BCUT2D eigenvalue weighted by atomic mass is 32.2. The van der Waals surface area contributed by atoms with Crippen LogP contribution in [0.2, 0.25) is 0 Å². The van der Waals surface area contributed by atoms with Crippen molar-refractivity contribution in [3.8, 4) is 5.75 Å². The average Bonchev–Trinajstić information content (AvgIpc) is 2.62. The fourth-order valence-electron chi connectivity index (χ4n) is 2.22. The fourth-order valence-corrected chi connectivity index (χ4v) is 3.25.